The smallest absolute Gasteiger partial charge is 0.227 e. The lowest BCUT2D eigenvalue weighted by Gasteiger charge is -2.34. The quantitative estimate of drug-likeness (QED) is 0.899. The Morgan fingerprint density at radius 3 is 2.17 bits per heavy atom. The Labute approximate surface area is 143 Å². The molecule has 0 saturated carbocycles. The van der Waals surface area contributed by atoms with Crippen molar-refractivity contribution in [2.75, 3.05) is 47.8 Å². The number of rotatable bonds is 5. The van der Waals surface area contributed by atoms with Gasteiger partial charge in [0.1, 0.15) is 5.82 Å². The van der Waals surface area contributed by atoms with Crippen LogP contribution in [-0.4, -0.2) is 52.7 Å². The summed E-state index contributed by atoms with van der Waals surface area (Å²) in [6.45, 7) is 10.5. The number of nitrogens with one attached hydrogen (secondary N) is 1. The van der Waals surface area contributed by atoms with E-state index in [1.165, 1.54) is 5.56 Å². The van der Waals surface area contributed by atoms with Crippen LogP contribution in [0.2, 0.25) is 0 Å². The molecule has 1 saturated heterocycles. The second-order valence-corrected chi connectivity index (χ2v) is 5.94. The Bertz CT molecular complexity index is 663. The van der Waals surface area contributed by atoms with Crippen molar-refractivity contribution >= 4 is 17.7 Å². The molecule has 0 bridgehead atoms. The van der Waals surface area contributed by atoms with Crippen LogP contribution in [0.3, 0.4) is 0 Å². The lowest BCUT2D eigenvalue weighted by Crippen LogP contribution is -2.47. The third-order valence-corrected chi connectivity index (χ3v) is 4.15. The van der Waals surface area contributed by atoms with Gasteiger partial charge in [0.25, 0.3) is 0 Å². The molecule has 2 aromatic rings. The summed E-state index contributed by atoms with van der Waals surface area (Å²) in [4.78, 5) is 22.6. The van der Waals surface area contributed by atoms with Crippen LogP contribution in [0.4, 0.5) is 17.7 Å². The Hall–Kier alpha value is -2.44. The molecule has 0 radical (unpaired) electrons. The molecule has 7 nitrogen and oxygen atoms in total. The monoisotopic (exact) mass is 327 g/mol. The molecule has 1 aliphatic rings. The Kier molecular flexibility index (Phi) is 5.08. The van der Waals surface area contributed by atoms with E-state index in [1.807, 2.05) is 25.4 Å². The van der Waals surface area contributed by atoms with Gasteiger partial charge in [-0.15, -0.1) is 0 Å². The molecule has 1 fully saturated rings. The number of anilines is 3. The summed E-state index contributed by atoms with van der Waals surface area (Å²) >= 11 is 0. The van der Waals surface area contributed by atoms with E-state index in [9.17, 15) is 0 Å². The molecular formula is C17H25N7. The summed E-state index contributed by atoms with van der Waals surface area (Å²) in [5, 5.41) is 3.27. The third kappa shape index (κ3) is 3.72. The van der Waals surface area contributed by atoms with Crippen molar-refractivity contribution in [3.63, 3.8) is 0 Å². The van der Waals surface area contributed by atoms with E-state index in [1.54, 1.807) is 0 Å². The minimum Gasteiger partial charge on any atom is -0.370 e. The molecule has 1 aliphatic heterocycles. The van der Waals surface area contributed by atoms with Crippen LogP contribution in [-0.2, 0) is 6.42 Å². The summed E-state index contributed by atoms with van der Waals surface area (Å²) in [5.41, 5.74) is 2.15. The average molecular weight is 327 g/mol. The van der Waals surface area contributed by atoms with Gasteiger partial charge in [0.15, 0.2) is 0 Å². The standard InChI is InChI=1S/C17H25N7/c1-4-14-11-19-16(20-12-14)23-6-8-24(9-7-23)17-21-13(3)10-15(22-17)18-5-2/h10-12H,4-9H2,1-3H3,(H,18,21,22). The lowest BCUT2D eigenvalue weighted by atomic mass is 10.3. The highest BCUT2D eigenvalue weighted by Crippen LogP contribution is 2.17. The van der Waals surface area contributed by atoms with Gasteiger partial charge in [-0.3, -0.25) is 0 Å². The number of piperazine rings is 1. The van der Waals surface area contributed by atoms with Crippen LogP contribution in [0.25, 0.3) is 0 Å². The fraction of sp³-hybridized carbons (Fsp3) is 0.529. The van der Waals surface area contributed by atoms with Gasteiger partial charge in [0.05, 0.1) is 0 Å². The van der Waals surface area contributed by atoms with Gasteiger partial charge >= 0.3 is 0 Å². The van der Waals surface area contributed by atoms with Crippen molar-refractivity contribution in [2.45, 2.75) is 27.2 Å². The first-order valence-corrected chi connectivity index (χ1v) is 8.60. The van der Waals surface area contributed by atoms with Gasteiger partial charge in [0, 0.05) is 56.9 Å². The summed E-state index contributed by atoms with van der Waals surface area (Å²) in [7, 11) is 0. The first kappa shape index (κ1) is 16.4. The van der Waals surface area contributed by atoms with Crippen LogP contribution >= 0.6 is 0 Å². The predicted octanol–water partition coefficient (Wildman–Crippen LogP) is 1.90. The van der Waals surface area contributed by atoms with Crippen LogP contribution in [0, 0.1) is 6.92 Å². The van der Waals surface area contributed by atoms with Gasteiger partial charge in [-0.05, 0) is 25.8 Å². The normalized spacial score (nSPS) is 14.8. The van der Waals surface area contributed by atoms with Crippen molar-refractivity contribution in [1.29, 1.82) is 0 Å². The minimum atomic E-state index is 0.799. The van der Waals surface area contributed by atoms with E-state index in [-0.39, 0.29) is 0 Å². The zero-order valence-electron chi connectivity index (χ0n) is 14.7. The largest absolute Gasteiger partial charge is 0.370 e. The molecule has 0 atom stereocenters. The van der Waals surface area contributed by atoms with E-state index in [2.05, 4.69) is 48.9 Å². The van der Waals surface area contributed by atoms with E-state index in [4.69, 9.17) is 0 Å². The van der Waals surface area contributed by atoms with Crippen molar-refractivity contribution < 1.29 is 0 Å². The van der Waals surface area contributed by atoms with Crippen molar-refractivity contribution in [3.8, 4) is 0 Å². The van der Waals surface area contributed by atoms with Crippen molar-refractivity contribution in [3.05, 3.63) is 29.7 Å². The van der Waals surface area contributed by atoms with Crippen molar-refractivity contribution in [2.24, 2.45) is 0 Å². The van der Waals surface area contributed by atoms with E-state index < -0.39 is 0 Å². The Morgan fingerprint density at radius 1 is 0.958 bits per heavy atom. The van der Waals surface area contributed by atoms with E-state index in [0.29, 0.717) is 0 Å². The Morgan fingerprint density at radius 2 is 1.58 bits per heavy atom. The molecule has 0 spiro atoms. The summed E-state index contributed by atoms with van der Waals surface area (Å²) in [6.07, 6.45) is 4.80. The number of hydrogen-bond donors (Lipinski definition) is 1. The number of aryl methyl sites for hydroxylation is 2. The highest BCUT2D eigenvalue weighted by atomic mass is 15.4. The van der Waals surface area contributed by atoms with Gasteiger partial charge in [-0.1, -0.05) is 6.92 Å². The first-order valence-electron chi connectivity index (χ1n) is 8.60. The zero-order chi connectivity index (χ0) is 16.9. The van der Waals surface area contributed by atoms with Gasteiger partial charge in [-0.25, -0.2) is 15.0 Å². The molecule has 3 rings (SSSR count). The molecular weight excluding hydrogens is 302 g/mol. The molecule has 128 valence electrons. The van der Waals surface area contributed by atoms with E-state index in [0.717, 1.165) is 62.6 Å². The molecule has 2 aromatic heterocycles. The number of aromatic nitrogens is 4. The van der Waals surface area contributed by atoms with Crippen molar-refractivity contribution in [1.82, 2.24) is 19.9 Å². The maximum Gasteiger partial charge on any atom is 0.227 e. The molecule has 7 heteroatoms. The summed E-state index contributed by atoms with van der Waals surface area (Å²) in [6, 6.07) is 1.98. The predicted molar refractivity (Wildman–Crippen MR) is 96.8 cm³/mol. The topological polar surface area (TPSA) is 70.1 Å². The highest BCUT2D eigenvalue weighted by Gasteiger charge is 2.21. The average Bonchev–Trinajstić information content (AvgIpc) is 2.62. The molecule has 0 aliphatic carbocycles. The molecule has 3 heterocycles. The van der Waals surface area contributed by atoms with Crippen LogP contribution in [0.15, 0.2) is 18.5 Å². The van der Waals surface area contributed by atoms with Crippen LogP contribution < -0.4 is 15.1 Å². The Balaban J connectivity index is 1.66. The molecule has 0 aromatic carbocycles. The maximum absolute atomic E-state index is 4.62. The number of hydrogen-bond acceptors (Lipinski definition) is 7. The first-order chi connectivity index (χ1) is 11.7. The second kappa shape index (κ2) is 7.42. The van der Waals surface area contributed by atoms with Gasteiger partial charge < -0.3 is 15.1 Å². The summed E-state index contributed by atoms with van der Waals surface area (Å²) in [5.74, 6) is 2.50. The van der Waals surface area contributed by atoms with Crippen LogP contribution in [0.1, 0.15) is 25.1 Å². The van der Waals surface area contributed by atoms with Crippen LogP contribution in [0.5, 0.6) is 0 Å². The van der Waals surface area contributed by atoms with E-state index >= 15 is 0 Å². The fourth-order valence-corrected chi connectivity index (χ4v) is 2.77. The second-order valence-electron chi connectivity index (χ2n) is 5.94. The molecule has 24 heavy (non-hydrogen) atoms. The molecule has 0 amide bonds. The number of nitrogens with zero attached hydrogens (tertiary/aromatic N) is 6. The fourth-order valence-electron chi connectivity index (χ4n) is 2.77. The molecule has 0 unspecified atom stereocenters. The highest BCUT2D eigenvalue weighted by molar-refractivity contribution is 5.45. The summed E-state index contributed by atoms with van der Waals surface area (Å²) < 4.78 is 0. The zero-order valence-corrected chi connectivity index (χ0v) is 14.7. The molecule has 1 N–H and O–H groups in total. The van der Waals surface area contributed by atoms with Gasteiger partial charge in [0.2, 0.25) is 11.9 Å². The maximum atomic E-state index is 4.62. The van der Waals surface area contributed by atoms with Gasteiger partial charge in [-0.2, -0.15) is 4.98 Å². The SMILES string of the molecule is CCNc1cc(C)nc(N2CCN(c3ncc(CC)cn3)CC2)n1. The lowest BCUT2D eigenvalue weighted by molar-refractivity contribution is 0.627. The minimum absolute atomic E-state index is 0.799. The third-order valence-electron chi connectivity index (χ3n) is 4.15.